The number of carbonyl (C=O) groups is 1. The van der Waals surface area contributed by atoms with E-state index in [2.05, 4.69) is 10.3 Å². The summed E-state index contributed by atoms with van der Waals surface area (Å²) in [7, 11) is 0. The molecule has 5 heteroatoms. The van der Waals surface area contributed by atoms with Gasteiger partial charge in [-0.25, -0.2) is 9.78 Å². The molecular formula is C10H14N2O3. The Labute approximate surface area is 87.8 Å². The number of aromatic nitrogens is 1. The fourth-order valence-electron chi connectivity index (χ4n) is 1.16. The van der Waals surface area contributed by atoms with Crippen LogP contribution in [0, 0.1) is 0 Å². The molecule has 15 heavy (non-hydrogen) atoms. The van der Waals surface area contributed by atoms with Gasteiger partial charge < -0.3 is 15.5 Å². The van der Waals surface area contributed by atoms with Crippen LogP contribution in [0.4, 0.5) is 5.82 Å². The molecule has 0 atom stereocenters. The molecule has 0 spiro atoms. The number of carboxylic acids is 1. The number of aliphatic hydroxyl groups is 1. The number of aromatic carboxylic acids is 1. The number of anilines is 1. The molecule has 1 aromatic rings. The number of hydrogen-bond donors (Lipinski definition) is 3. The molecule has 0 aromatic carbocycles. The standard InChI is InChI=1S/C10H14N2O3/c13-7-2-1-5-11-9-8(10(14)15)4-3-6-12-9/h3-4,6,13H,1-2,5,7H2,(H,11,12)(H,14,15). The van der Waals surface area contributed by atoms with E-state index in [9.17, 15) is 4.79 Å². The van der Waals surface area contributed by atoms with Gasteiger partial charge in [0.1, 0.15) is 11.4 Å². The number of carboxylic acid groups (broad SMARTS) is 1. The zero-order valence-electron chi connectivity index (χ0n) is 8.31. The van der Waals surface area contributed by atoms with Gasteiger partial charge in [0.05, 0.1) is 0 Å². The van der Waals surface area contributed by atoms with Gasteiger partial charge in [-0.2, -0.15) is 0 Å². The largest absolute Gasteiger partial charge is 0.478 e. The van der Waals surface area contributed by atoms with Crippen molar-refractivity contribution in [2.45, 2.75) is 12.8 Å². The van der Waals surface area contributed by atoms with Crippen LogP contribution in [0.3, 0.4) is 0 Å². The first kappa shape index (κ1) is 11.5. The Bertz CT molecular complexity index is 328. The van der Waals surface area contributed by atoms with Gasteiger partial charge in [-0.1, -0.05) is 0 Å². The molecule has 0 fully saturated rings. The highest BCUT2D eigenvalue weighted by molar-refractivity contribution is 5.92. The van der Waals surface area contributed by atoms with E-state index < -0.39 is 5.97 Å². The molecule has 0 amide bonds. The molecule has 0 unspecified atom stereocenters. The van der Waals surface area contributed by atoms with Gasteiger partial charge in [0.15, 0.2) is 0 Å². The van der Waals surface area contributed by atoms with Gasteiger partial charge in [0.25, 0.3) is 0 Å². The molecular weight excluding hydrogens is 196 g/mol. The lowest BCUT2D eigenvalue weighted by atomic mass is 10.2. The van der Waals surface area contributed by atoms with E-state index in [1.807, 2.05) is 0 Å². The summed E-state index contributed by atoms with van der Waals surface area (Å²) in [6, 6.07) is 3.09. The lowest BCUT2D eigenvalue weighted by Crippen LogP contribution is -2.09. The zero-order valence-corrected chi connectivity index (χ0v) is 8.31. The first-order chi connectivity index (χ1) is 7.25. The highest BCUT2D eigenvalue weighted by Crippen LogP contribution is 2.10. The third kappa shape index (κ3) is 3.55. The number of pyridine rings is 1. The van der Waals surface area contributed by atoms with Crippen LogP contribution in [0.15, 0.2) is 18.3 Å². The summed E-state index contributed by atoms with van der Waals surface area (Å²) in [5.41, 5.74) is 0.168. The highest BCUT2D eigenvalue weighted by Gasteiger charge is 2.09. The van der Waals surface area contributed by atoms with Crippen LogP contribution in [-0.4, -0.2) is 34.3 Å². The minimum atomic E-state index is -0.993. The molecule has 3 N–H and O–H groups in total. The van der Waals surface area contributed by atoms with Gasteiger partial charge in [0, 0.05) is 19.3 Å². The van der Waals surface area contributed by atoms with Gasteiger partial charge in [0.2, 0.25) is 0 Å². The average molecular weight is 210 g/mol. The molecule has 0 saturated heterocycles. The van der Waals surface area contributed by atoms with E-state index in [1.54, 1.807) is 12.3 Å². The summed E-state index contributed by atoms with van der Waals surface area (Å²) in [4.78, 5) is 14.7. The topological polar surface area (TPSA) is 82.5 Å². The highest BCUT2D eigenvalue weighted by atomic mass is 16.4. The monoisotopic (exact) mass is 210 g/mol. The maximum atomic E-state index is 10.8. The van der Waals surface area contributed by atoms with E-state index in [1.165, 1.54) is 6.07 Å². The number of aliphatic hydroxyl groups excluding tert-OH is 1. The van der Waals surface area contributed by atoms with Crippen molar-refractivity contribution in [2.75, 3.05) is 18.5 Å². The maximum Gasteiger partial charge on any atom is 0.339 e. The summed E-state index contributed by atoms with van der Waals surface area (Å²) in [6.07, 6.45) is 3.02. The van der Waals surface area contributed by atoms with E-state index in [4.69, 9.17) is 10.2 Å². The van der Waals surface area contributed by atoms with Gasteiger partial charge in [-0.15, -0.1) is 0 Å². The molecule has 0 aliphatic rings. The number of unbranched alkanes of at least 4 members (excludes halogenated alkanes) is 1. The van der Waals surface area contributed by atoms with Crippen LogP contribution in [0.25, 0.3) is 0 Å². The van der Waals surface area contributed by atoms with Gasteiger partial charge >= 0.3 is 5.97 Å². The summed E-state index contributed by atoms with van der Waals surface area (Å²) >= 11 is 0. The second kappa shape index (κ2) is 5.98. The molecule has 5 nitrogen and oxygen atoms in total. The predicted molar refractivity (Wildman–Crippen MR) is 56.0 cm³/mol. The number of nitrogens with one attached hydrogen (secondary N) is 1. The Balaban J connectivity index is 2.56. The van der Waals surface area contributed by atoms with Crippen molar-refractivity contribution in [2.24, 2.45) is 0 Å². The van der Waals surface area contributed by atoms with Crippen molar-refractivity contribution in [3.63, 3.8) is 0 Å². The molecule has 0 radical (unpaired) electrons. The number of nitrogens with zero attached hydrogens (tertiary/aromatic N) is 1. The third-order valence-corrected chi connectivity index (χ3v) is 1.92. The Morgan fingerprint density at radius 2 is 2.27 bits per heavy atom. The first-order valence-corrected chi connectivity index (χ1v) is 4.78. The average Bonchev–Trinajstić information content (AvgIpc) is 2.25. The molecule has 1 aromatic heterocycles. The Kier molecular flexibility index (Phi) is 4.56. The summed E-state index contributed by atoms with van der Waals surface area (Å²) in [6.45, 7) is 0.757. The zero-order chi connectivity index (χ0) is 11.1. The predicted octanol–water partition coefficient (Wildman–Crippen LogP) is 0.964. The molecule has 1 rings (SSSR count). The Hall–Kier alpha value is -1.62. The summed E-state index contributed by atoms with van der Waals surface area (Å²) in [5, 5.41) is 20.3. The number of hydrogen-bond acceptors (Lipinski definition) is 4. The minimum absolute atomic E-state index is 0.148. The van der Waals surface area contributed by atoms with Crippen molar-refractivity contribution in [1.82, 2.24) is 4.98 Å². The Morgan fingerprint density at radius 1 is 1.47 bits per heavy atom. The fourth-order valence-corrected chi connectivity index (χ4v) is 1.16. The summed E-state index contributed by atoms with van der Waals surface area (Å²) < 4.78 is 0. The quantitative estimate of drug-likeness (QED) is 0.609. The van der Waals surface area contributed by atoms with Gasteiger partial charge in [-0.05, 0) is 25.0 Å². The lowest BCUT2D eigenvalue weighted by molar-refractivity contribution is 0.0697. The van der Waals surface area contributed by atoms with Crippen molar-refractivity contribution in [3.05, 3.63) is 23.9 Å². The van der Waals surface area contributed by atoms with Crippen LogP contribution in [0.2, 0.25) is 0 Å². The normalized spacial score (nSPS) is 9.93. The van der Waals surface area contributed by atoms with Crippen LogP contribution in [-0.2, 0) is 0 Å². The first-order valence-electron chi connectivity index (χ1n) is 4.78. The second-order valence-electron chi connectivity index (χ2n) is 3.06. The van der Waals surface area contributed by atoms with E-state index >= 15 is 0 Å². The minimum Gasteiger partial charge on any atom is -0.478 e. The van der Waals surface area contributed by atoms with Crippen molar-refractivity contribution >= 4 is 11.8 Å². The number of rotatable bonds is 6. The van der Waals surface area contributed by atoms with E-state index in [0.29, 0.717) is 18.8 Å². The molecule has 0 aliphatic heterocycles. The SMILES string of the molecule is O=C(O)c1cccnc1NCCCCO. The van der Waals surface area contributed by atoms with Crippen molar-refractivity contribution in [1.29, 1.82) is 0 Å². The van der Waals surface area contributed by atoms with Crippen LogP contribution in [0.5, 0.6) is 0 Å². The third-order valence-electron chi connectivity index (χ3n) is 1.92. The molecule has 0 bridgehead atoms. The van der Waals surface area contributed by atoms with Crippen LogP contribution in [0.1, 0.15) is 23.2 Å². The van der Waals surface area contributed by atoms with E-state index in [-0.39, 0.29) is 12.2 Å². The van der Waals surface area contributed by atoms with Crippen LogP contribution < -0.4 is 5.32 Å². The summed E-state index contributed by atoms with van der Waals surface area (Å²) in [5.74, 6) is -0.615. The molecule has 1 heterocycles. The maximum absolute atomic E-state index is 10.8. The molecule has 82 valence electrons. The Morgan fingerprint density at radius 3 is 2.93 bits per heavy atom. The van der Waals surface area contributed by atoms with E-state index in [0.717, 1.165) is 6.42 Å². The second-order valence-corrected chi connectivity index (χ2v) is 3.06. The van der Waals surface area contributed by atoms with Gasteiger partial charge in [-0.3, -0.25) is 0 Å². The lowest BCUT2D eigenvalue weighted by Gasteiger charge is -2.07. The van der Waals surface area contributed by atoms with Crippen LogP contribution >= 0.6 is 0 Å². The molecule has 0 saturated carbocycles. The van der Waals surface area contributed by atoms with Crippen molar-refractivity contribution < 1.29 is 15.0 Å². The smallest absolute Gasteiger partial charge is 0.339 e. The fraction of sp³-hybridized carbons (Fsp3) is 0.400. The van der Waals surface area contributed by atoms with Crippen molar-refractivity contribution in [3.8, 4) is 0 Å². The molecule has 0 aliphatic carbocycles.